The number of thiazole rings is 1. The van der Waals surface area contributed by atoms with Gasteiger partial charge in [-0.3, -0.25) is 10.1 Å². The number of anilines is 1. The monoisotopic (exact) mass is 418 g/mol. The summed E-state index contributed by atoms with van der Waals surface area (Å²) in [6.07, 6.45) is 0. The van der Waals surface area contributed by atoms with Crippen molar-refractivity contribution in [1.82, 2.24) is 4.98 Å². The largest absolute Gasteiger partial charge is 0.497 e. The SMILES string of the molecule is COc1ccc(-c2csc(NC(=O)c3cccc(Br)c3)n2)c(OC)c1. The van der Waals surface area contributed by atoms with E-state index in [2.05, 4.69) is 26.2 Å². The average Bonchev–Trinajstić information content (AvgIpc) is 3.09. The number of hydrogen-bond donors (Lipinski definition) is 1. The number of benzene rings is 2. The molecule has 1 aromatic heterocycles. The van der Waals surface area contributed by atoms with E-state index in [1.54, 1.807) is 32.4 Å². The lowest BCUT2D eigenvalue weighted by atomic mass is 10.1. The fourth-order valence-corrected chi connectivity index (χ4v) is 3.37. The Kier molecular flexibility index (Phi) is 5.35. The summed E-state index contributed by atoms with van der Waals surface area (Å²) in [6.45, 7) is 0. The quantitative estimate of drug-likeness (QED) is 0.643. The van der Waals surface area contributed by atoms with Crippen molar-refractivity contribution >= 4 is 38.3 Å². The van der Waals surface area contributed by atoms with Gasteiger partial charge in [-0.1, -0.05) is 22.0 Å². The topological polar surface area (TPSA) is 60.5 Å². The third-order valence-electron chi connectivity index (χ3n) is 3.50. The minimum Gasteiger partial charge on any atom is -0.497 e. The third-order valence-corrected chi connectivity index (χ3v) is 4.75. The molecule has 0 radical (unpaired) electrons. The first-order chi connectivity index (χ1) is 12.1. The molecule has 0 aliphatic rings. The van der Waals surface area contributed by atoms with Crippen molar-refractivity contribution in [3.05, 3.63) is 57.9 Å². The Labute approximate surface area is 157 Å². The molecule has 1 N–H and O–H groups in total. The molecule has 1 heterocycles. The number of rotatable bonds is 5. The van der Waals surface area contributed by atoms with Gasteiger partial charge < -0.3 is 9.47 Å². The smallest absolute Gasteiger partial charge is 0.257 e. The summed E-state index contributed by atoms with van der Waals surface area (Å²) in [4.78, 5) is 16.8. The second kappa shape index (κ2) is 7.67. The minimum atomic E-state index is -0.205. The molecular formula is C18H15BrN2O3S. The van der Waals surface area contributed by atoms with Crippen LogP contribution in [-0.2, 0) is 0 Å². The number of halogens is 1. The van der Waals surface area contributed by atoms with Gasteiger partial charge in [0.1, 0.15) is 11.5 Å². The summed E-state index contributed by atoms with van der Waals surface area (Å²) in [6, 6.07) is 12.7. The molecule has 0 atom stereocenters. The molecule has 3 aromatic rings. The molecule has 0 aliphatic heterocycles. The molecule has 0 unspecified atom stereocenters. The van der Waals surface area contributed by atoms with Gasteiger partial charge in [0.05, 0.1) is 19.9 Å². The molecule has 0 aliphatic carbocycles. The lowest BCUT2D eigenvalue weighted by Crippen LogP contribution is -2.11. The number of nitrogens with one attached hydrogen (secondary N) is 1. The normalized spacial score (nSPS) is 10.4. The summed E-state index contributed by atoms with van der Waals surface area (Å²) in [5.74, 6) is 1.16. The second-order valence-electron chi connectivity index (χ2n) is 5.07. The third kappa shape index (κ3) is 4.00. The predicted octanol–water partition coefficient (Wildman–Crippen LogP) is 4.84. The van der Waals surface area contributed by atoms with E-state index in [0.717, 1.165) is 15.7 Å². The maximum absolute atomic E-state index is 12.3. The van der Waals surface area contributed by atoms with Gasteiger partial charge in [-0.25, -0.2) is 4.98 Å². The molecule has 0 bridgehead atoms. The van der Waals surface area contributed by atoms with Crippen LogP contribution in [0.4, 0.5) is 5.13 Å². The fraction of sp³-hybridized carbons (Fsp3) is 0.111. The standard InChI is InChI=1S/C18H15BrN2O3S/c1-23-13-6-7-14(16(9-13)24-2)15-10-25-18(20-15)21-17(22)11-4-3-5-12(19)8-11/h3-10H,1-2H3,(H,20,21,22). The summed E-state index contributed by atoms with van der Waals surface area (Å²) in [5.41, 5.74) is 2.13. The maximum Gasteiger partial charge on any atom is 0.257 e. The first kappa shape index (κ1) is 17.4. The van der Waals surface area contributed by atoms with Crippen LogP contribution in [0.3, 0.4) is 0 Å². The van der Waals surface area contributed by atoms with Crippen LogP contribution in [0.15, 0.2) is 52.3 Å². The summed E-state index contributed by atoms with van der Waals surface area (Å²) in [7, 11) is 3.20. The summed E-state index contributed by atoms with van der Waals surface area (Å²) in [5, 5.41) is 5.22. The van der Waals surface area contributed by atoms with Gasteiger partial charge in [0.15, 0.2) is 5.13 Å². The molecule has 25 heavy (non-hydrogen) atoms. The van der Waals surface area contributed by atoms with Crippen LogP contribution in [-0.4, -0.2) is 25.1 Å². The Hall–Kier alpha value is -2.38. The highest BCUT2D eigenvalue weighted by Gasteiger charge is 2.13. The van der Waals surface area contributed by atoms with E-state index in [1.165, 1.54) is 11.3 Å². The summed E-state index contributed by atoms with van der Waals surface area (Å²) < 4.78 is 11.5. The molecule has 0 fully saturated rings. The van der Waals surface area contributed by atoms with Crippen LogP contribution >= 0.6 is 27.3 Å². The van der Waals surface area contributed by atoms with Crippen molar-refractivity contribution in [3.63, 3.8) is 0 Å². The van der Waals surface area contributed by atoms with Crippen LogP contribution in [0, 0.1) is 0 Å². The van der Waals surface area contributed by atoms with Crippen molar-refractivity contribution in [2.24, 2.45) is 0 Å². The van der Waals surface area contributed by atoms with E-state index in [9.17, 15) is 4.79 Å². The average molecular weight is 419 g/mol. The Morgan fingerprint density at radius 1 is 1.16 bits per heavy atom. The zero-order chi connectivity index (χ0) is 17.8. The lowest BCUT2D eigenvalue weighted by Gasteiger charge is -2.08. The number of carbonyl (C=O) groups is 1. The number of amides is 1. The van der Waals surface area contributed by atoms with Gasteiger partial charge in [-0.05, 0) is 30.3 Å². The molecule has 128 valence electrons. The Morgan fingerprint density at radius 3 is 2.72 bits per heavy atom. The van der Waals surface area contributed by atoms with E-state index in [1.807, 2.05) is 29.6 Å². The van der Waals surface area contributed by atoms with Crippen molar-refractivity contribution in [2.45, 2.75) is 0 Å². The Balaban J connectivity index is 1.82. The van der Waals surface area contributed by atoms with Crippen LogP contribution in [0.2, 0.25) is 0 Å². The minimum absolute atomic E-state index is 0.205. The van der Waals surface area contributed by atoms with Gasteiger partial charge in [0, 0.05) is 27.0 Å². The molecular weight excluding hydrogens is 404 g/mol. The Morgan fingerprint density at radius 2 is 2.00 bits per heavy atom. The number of methoxy groups -OCH3 is 2. The van der Waals surface area contributed by atoms with E-state index in [4.69, 9.17) is 9.47 Å². The number of nitrogens with zero attached hydrogens (tertiary/aromatic N) is 1. The van der Waals surface area contributed by atoms with E-state index in [0.29, 0.717) is 22.2 Å². The first-order valence-electron chi connectivity index (χ1n) is 7.35. The van der Waals surface area contributed by atoms with Gasteiger partial charge >= 0.3 is 0 Å². The molecule has 7 heteroatoms. The van der Waals surface area contributed by atoms with Crippen molar-refractivity contribution in [2.75, 3.05) is 19.5 Å². The zero-order valence-electron chi connectivity index (χ0n) is 13.6. The van der Waals surface area contributed by atoms with Crippen molar-refractivity contribution in [1.29, 1.82) is 0 Å². The highest BCUT2D eigenvalue weighted by Crippen LogP contribution is 2.34. The summed E-state index contributed by atoms with van der Waals surface area (Å²) >= 11 is 4.72. The number of aromatic nitrogens is 1. The fourth-order valence-electron chi connectivity index (χ4n) is 2.26. The zero-order valence-corrected chi connectivity index (χ0v) is 16.0. The van der Waals surface area contributed by atoms with Crippen LogP contribution in [0.25, 0.3) is 11.3 Å². The van der Waals surface area contributed by atoms with Crippen LogP contribution in [0.5, 0.6) is 11.5 Å². The molecule has 5 nitrogen and oxygen atoms in total. The highest BCUT2D eigenvalue weighted by atomic mass is 79.9. The van der Waals surface area contributed by atoms with E-state index < -0.39 is 0 Å². The van der Waals surface area contributed by atoms with E-state index in [-0.39, 0.29) is 5.91 Å². The van der Waals surface area contributed by atoms with Gasteiger partial charge in [-0.2, -0.15) is 0 Å². The van der Waals surface area contributed by atoms with Gasteiger partial charge in [0.2, 0.25) is 0 Å². The molecule has 0 spiro atoms. The lowest BCUT2D eigenvalue weighted by molar-refractivity contribution is 0.102. The molecule has 3 rings (SSSR count). The van der Waals surface area contributed by atoms with Crippen LogP contribution in [0.1, 0.15) is 10.4 Å². The van der Waals surface area contributed by atoms with Crippen molar-refractivity contribution < 1.29 is 14.3 Å². The number of hydrogen-bond acceptors (Lipinski definition) is 5. The highest BCUT2D eigenvalue weighted by molar-refractivity contribution is 9.10. The molecule has 1 amide bonds. The molecule has 2 aromatic carbocycles. The number of carbonyl (C=O) groups excluding carboxylic acids is 1. The van der Waals surface area contributed by atoms with Gasteiger partial charge in [-0.15, -0.1) is 11.3 Å². The maximum atomic E-state index is 12.3. The Bertz CT molecular complexity index is 911. The van der Waals surface area contributed by atoms with Gasteiger partial charge in [0.25, 0.3) is 5.91 Å². The first-order valence-corrected chi connectivity index (χ1v) is 9.03. The molecule has 0 saturated carbocycles. The molecule has 0 saturated heterocycles. The van der Waals surface area contributed by atoms with Crippen LogP contribution < -0.4 is 14.8 Å². The van der Waals surface area contributed by atoms with Crippen molar-refractivity contribution in [3.8, 4) is 22.8 Å². The predicted molar refractivity (Wildman–Crippen MR) is 103 cm³/mol. The van der Waals surface area contributed by atoms with E-state index >= 15 is 0 Å². The number of ether oxygens (including phenoxy) is 2. The second-order valence-corrected chi connectivity index (χ2v) is 6.84.